The SMILES string of the molecule is CCC(C(=O)c1ccccc1)N(CC)Cc1ccccn1. The Bertz CT molecular complexity index is 554. The number of aromatic nitrogens is 1. The number of carbonyl (C=O) groups excluding carboxylic acids is 1. The predicted molar refractivity (Wildman–Crippen MR) is 85.2 cm³/mol. The summed E-state index contributed by atoms with van der Waals surface area (Å²) in [4.78, 5) is 19.3. The number of hydrogen-bond donors (Lipinski definition) is 0. The molecule has 110 valence electrons. The third-order valence-corrected chi connectivity index (χ3v) is 3.69. The molecule has 2 rings (SSSR count). The van der Waals surface area contributed by atoms with Crippen LogP contribution in [0.5, 0.6) is 0 Å². The number of Topliss-reactive ketones (excluding diaryl/α,β-unsaturated/α-hetero) is 1. The summed E-state index contributed by atoms with van der Waals surface area (Å²) in [5, 5.41) is 0. The first kappa shape index (κ1) is 15.4. The molecule has 2 aromatic rings. The van der Waals surface area contributed by atoms with E-state index in [1.54, 1.807) is 6.20 Å². The molecule has 1 heterocycles. The molecule has 1 aromatic heterocycles. The van der Waals surface area contributed by atoms with Crippen molar-refractivity contribution in [3.63, 3.8) is 0 Å². The maximum absolute atomic E-state index is 12.7. The molecular formula is C18H22N2O. The zero-order valence-electron chi connectivity index (χ0n) is 12.7. The molecule has 1 unspecified atom stereocenters. The molecule has 0 N–H and O–H groups in total. The van der Waals surface area contributed by atoms with Crippen LogP contribution >= 0.6 is 0 Å². The molecule has 0 radical (unpaired) electrons. The molecule has 0 aliphatic heterocycles. The minimum absolute atomic E-state index is 0.0978. The summed E-state index contributed by atoms with van der Waals surface area (Å²) in [5.74, 6) is 0.191. The van der Waals surface area contributed by atoms with Crippen molar-refractivity contribution in [1.82, 2.24) is 9.88 Å². The van der Waals surface area contributed by atoms with Gasteiger partial charge in [0.1, 0.15) is 0 Å². The van der Waals surface area contributed by atoms with E-state index in [4.69, 9.17) is 0 Å². The van der Waals surface area contributed by atoms with Gasteiger partial charge in [-0.3, -0.25) is 14.7 Å². The highest BCUT2D eigenvalue weighted by molar-refractivity contribution is 6.00. The average Bonchev–Trinajstić information content (AvgIpc) is 2.56. The average molecular weight is 282 g/mol. The lowest BCUT2D eigenvalue weighted by Gasteiger charge is -2.28. The van der Waals surface area contributed by atoms with Crippen LogP contribution in [0.4, 0.5) is 0 Å². The van der Waals surface area contributed by atoms with Crippen LogP contribution in [0.25, 0.3) is 0 Å². The van der Waals surface area contributed by atoms with Gasteiger partial charge in [0.2, 0.25) is 0 Å². The van der Waals surface area contributed by atoms with Crippen LogP contribution in [0.2, 0.25) is 0 Å². The maximum atomic E-state index is 12.7. The number of ketones is 1. The van der Waals surface area contributed by atoms with Crippen molar-refractivity contribution in [3.05, 3.63) is 66.0 Å². The number of rotatable bonds is 7. The normalized spacial score (nSPS) is 12.3. The minimum atomic E-state index is -0.0978. The number of pyridine rings is 1. The number of carbonyl (C=O) groups is 1. The standard InChI is InChI=1S/C18H22N2O/c1-3-17(18(21)15-10-6-5-7-11-15)20(4-2)14-16-12-8-9-13-19-16/h5-13,17H,3-4,14H2,1-2H3. The Morgan fingerprint density at radius 1 is 1.10 bits per heavy atom. The largest absolute Gasteiger partial charge is 0.292 e. The second-order valence-electron chi connectivity index (χ2n) is 5.04. The van der Waals surface area contributed by atoms with E-state index < -0.39 is 0 Å². The third-order valence-electron chi connectivity index (χ3n) is 3.69. The zero-order valence-corrected chi connectivity index (χ0v) is 12.7. The van der Waals surface area contributed by atoms with Gasteiger partial charge in [-0.25, -0.2) is 0 Å². The van der Waals surface area contributed by atoms with Crippen molar-refractivity contribution < 1.29 is 4.79 Å². The molecule has 0 bridgehead atoms. The molecular weight excluding hydrogens is 260 g/mol. The summed E-state index contributed by atoms with van der Waals surface area (Å²) in [7, 11) is 0. The van der Waals surface area contributed by atoms with Crippen LogP contribution in [0, 0.1) is 0 Å². The van der Waals surface area contributed by atoms with Crippen molar-refractivity contribution in [3.8, 4) is 0 Å². The van der Waals surface area contributed by atoms with Crippen molar-refractivity contribution in [2.45, 2.75) is 32.9 Å². The van der Waals surface area contributed by atoms with E-state index in [9.17, 15) is 4.79 Å². The Hall–Kier alpha value is -2.00. The lowest BCUT2D eigenvalue weighted by Crippen LogP contribution is -2.40. The minimum Gasteiger partial charge on any atom is -0.292 e. The molecule has 3 nitrogen and oxygen atoms in total. The Labute approximate surface area is 126 Å². The monoisotopic (exact) mass is 282 g/mol. The molecule has 0 aliphatic carbocycles. The summed E-state index contributed by atoms with van der Waals surface area (Å²) in [6, 6.07) is 15.3. The lowest BCUT2D eigenvalue weighted by atomic mass is 10.0. The van der Waals surface area contributed by atoms with Crippen LogP contribution in [0.1, 0.15) is 36.3 Å². The second kappa shape index (κ2) is 7.70. The second-order valence-corrected chi connectivity index (χ2v) is 5.04. The van der Waals surface area contributed by atoms with Gasteiger partial charge in [0.05, 0.1) is 11.7 Å². The van der Waals surface area contributed by atoms with Crippen molar-refractivity contribution >= 4 is 5.78 Å². The number of hydrogen-bond acceptors (Lipinski definition) is 3. The van der Waals surface area contributed by atoms with E-state index in [0.717, 1.165) is 24.2 Å². The van der Waals surface area contributed by atoms with Gasteiger partial charge in [-0.2, -0.15) is 0 Å². The highest BCUT2D eigenvalue weighted by Gasteiger charge is 2.24. The molecule has 0 amide bonds. The lowest BCUT2D eigenvalue weighted by molar-refractivity contribution is 0.0806. The Kier molecular flexibility index (Phi) is 5.64. The fourth-order valence-electron chi connectivity index (χ4n) is 2.55. The van der Waals surface area contributed by atoms with E-state index in [1.165, 1.54) is 0 Å². The Morgan fingerprint density at radius 2 is 1.81 bits per heavy atom. The summed E-state index contributed by atoms with van der Waals surface area (Å²) in [5.41, 5.74) is 1.78. The van der Waals surface area contributed by atoms with Crippen LogP contribution < -0.4 is 0 Å². The van der Waals surface area contributed by atoms with Crippen molar-refractivity contribution in [2.75, 3.05) is 6.54 Å². The molecule has 0 fully saturated rings. The van der Waals surface area contributed by atoms with Crippen LogP contribution in [0.3, 0.4) is 0 Å². The van der Waals surface area contributed by atoms with Gasteiger partial charge >= 0.3 is 0 Å². The molecule has 0 saturated heterocycles. The highest BCUT2D eigenvalue weighted by Crippen LogP contribution is 2.15. The molecule has 21 heavy (non-hydrogen) atoms. The first-order valence-electron chi connectivity index (χ1n) is 7.49. The number of likely N-dealkylation sites (N-methyl/N-ethyl adjacent to an activating group) is 1. The van der Waals surface area contributed by atoms with E-state index in [2.05, 4.69) is 23.7 Å². The summed E-state index contributed by atoms with van der Waals surface area (Å²) >= 11 is 0. The van der Waals surface area contributed by atoms with E-state index in [0.29, 0.717) is 6.54 Å². The maximum Gasteiger partial charge on any atom is 0.179 e. The summed E-state index contributed by atoms with van der Waals surface area (Å²) in [6.07, 6.45) is 2.59. The molecule has 3 heteroatoms. The van der Waals surface area contributed by atoms with Crippen molar-refractivity contribution in [2.24, 2.45) is 0 Å². The first-order valence-corrected chi connectivity index (χ1v) is 7.49. The van der Waals surface area contributed by atoms with E-state index in [1.807, 2.05) is 48.5 Å². The molecule has 1 aromatic carbocycles. The number of benzene rings is 1. The molecule has 0 spiro atoms. The van der Waals surface area contributed by atoms with Gasteiger partial charge in [0, 0.05) is 18.3 Å². The molecule has 0 aliphatic rings. The molecule has 1 atom stereocenters. The van der Waals surface area contributed by atoms with E-state index >= 15 is 0 Å². The predicted octanol–water partition coefficient (Wildman–Crippen LogP) is 3.57. The Balaban J connectivity index is 2.16. The van der Waals surface area contributed by atoms with Gasteiger partial charge in [-0.05, 0) is 25.1 Å². The zero-order chi connectivity index (χ0) is 15.1. The number of nitrogens with zero attached hydrogens (tertiary/aromatic N) is 2. The fraction of sp³-hybridized carbons (Fsp3) is 0.333. The van der Waals surface area contributed by atoms with E-state index in [-0.39, 0.29) is 11.8 Å². The molecule has 0 saturated carbocycles. The van der Waals surface area contributed by atoms with Gasteiger partial charge in [-0.15, -0.1) is 0 Å². The van der Waals surface area contributed by atoms with Crippen LogP contribution in [-0.2, 0) is 6.54 Å². The fourth-order valence-corrected chi connectivity index (χ4v) is 2.55. The third kappa shape index (κ3) is 3.99. The quantitative estimate of drug-likeness (QED) is 0.728. The summed E-state index contributed by atoms with van der Waals surface area (Å²) in [6.45, 7) is 5.68. The first-order chi connectivity index (χ1) is 10.3. The van der Waals surface area contributed by atoms with Gasteiger partial charge in [0.15, 0.2) is 5.78 Å². The summed E-state index contributed by atoms with van der Waals surface area (Å²) < 4.78 is 0. The van der Waals surface area contributed by atoms with Crippen LogP contribution in [-0.4, -0.2) is 28.3 Å². The Morgan fingerprint density at radius 3 is 2.38 bits per heavy atom. The highest BCUT2D eigenvalue weighted by atomic mass is 16.1. The smallest absolute Gasteiger partial charge is 0.179 e. The van der Waals surface area contributed by atoms with Gasteiger partial charge in [-0.1, -0.05) is 50.2 Å². The van der Waals surface area contributed by atoms with Crippen LogP contribution in [0.15, 0.2) is 54.7 Å². The van der Waals surface area contributed by atoms with Gasteiger partial charge < -0.3 is 0 Å². The van der Waals surface area contributed by atoms with Crippen molar-refractivity contribution in [1.29, 1.82) is 0 Å². The van der Waals surface area contributed by atoms with Gasteiger partial charge in [0.25, 0.3) is 0 Å². The topological polar surface area (TPSA) is 33.2 Å².